The zero-order valence-corrected chi connectivity index (χ0v) is 12.1. The smallest absolute Gasteiger partial charge is 0.245 e. The van der Waals surface area contributed by atoms with Gasteiger partial charge in [-0.1, -0.05) is 6.92 Å². The average molecular weight is 281 g/mol. The summed E-state index contributed by atoms with van der Waals surface area (Å²) in [6.45, 7) is 5.10. The fourth-order valence-electron chi connectivity index (χ4n) is 2.29. The van der Waals surface area contributed by atoms with Crippen molar-refractivity contribution >= 4 is 22.8 Å². The summed E-state index contributed by atoms with van der Waals surface area (Å²) in [5, 5.41) is -0.166. The third-order valence-corrected chi connectivity index (χ3v) is 3.92. The molecule has 2 aromatic heterocycles. The second-order valence-corrected chi connectivity index (χ2v) is 6.19. The lowest BCUT2D eigenvalue weighted by atomic mass is 10.1. The van der Waals surface area contributed by atoms with Crippen LogP contribution in [-0.2, 0) is 6.54 Å². The zero-order chi connectivity index (χ0) is 13.6. The Kier molecular flexibility index (Phi) is 2.89. The molecule has 102 valence electrons. The maximum Gasteiger partial charge on any atom is 0.245 e. The Morgan fingerprint density at radius 2 is 2.21 bits per heavy atom. The molecule has 6 heteroatoms. The number of ether oxygens (including phenoxy) is 1. The van der Waals surface area contributed by atoms with Crippen LogP contribution in [0.5, 0.6) is 5.88 Å². The first-order chi connectivity index (χ1) is 9.04. The van der Waals surface area contributed by atoms with Crippen LogP contribution in [0.1, 0.15) is 37.9 Å². The second kappa shape index (κ2) is 4.34. The lowest BCUT2D eigenvalue weighted by molar-refractivity contribution is 0.401. The van der Waals surface area contributed by atoms with Gasteiger partial charge in [-0.2, -0.15) is 4.98 Å². The van der Waals surface area contributed by atoms with E-state index in [1.54, 1.807) is 7.11 Å². The minimum atomic E-state index is -0.166. The number of fused-ring (bicyclic) bond motifs is 1. The van der Waals surface area contributed by atoms with E-state index in [2.05, 4.69) is 26.4 Å². The molecule has 1 aliphatic carbocycles. The second-order valence-electron chi connectivity index (χ2n) is 5.54. The standard InChI is InChI=1S/C13H17ClN4O/c1-8(14)10-17-9-11(15-7-16-12(9)19-3)18(10)6-13(2)4-5-13/h7-8H,4-6H2,1-3H3. The fourth-order valence-corrected chi connectivity index (χ4v) is 2.46. The SMILES string of the molecule is COc1ncnc2c1nc(C(C)Cl)n2CC1(C)CC1. The highest BCUT2D eigenvalue weighted by Crippen LogP contribution is 2.47. The van der Waals surface area contributed by atoms with Gasteiger partial charge in [0.25, 0.3) is 0 Å². The van der Waals surface area contributed by atoms with Gasteiger partial charge in [0.05, 0.1) is 12.5 Å². The predicted octanol–water partition coefficient (Wildman–Crippen LogP) is 2.93. The molecule has 0 aromatic carbocycles. The van der Waals surface area contributed by atoms with E-state index < -0.39 is 0 Å². The van der Waals surface area contributed by atoms with E-state index in [0.29, 0.717) is 16.8 Å². The van der Waals surface area contributed by atoms with E-state index >= 15 is 0 Å². The molecule has 3 rings (SSSR count). The summed E-state index contributed by atoms with van der Waals surface area (Å²) in [4.78, 5) is 13.0. The number of methoxy groups -OCH3 is 1. The molecule has 0 amide bonds. The van der Waals surface area contributed by atoms with E-state index in [9.17, 15) is 0 Å². The summed E-state index contributed by atoms with van der Waals surface area (Å²) < 4.78 is 7.37. The van der Waals surface area contributed by atoms with Gasteiger partial charge in [-0.15, -0.1) is 11.6 Å². The molecule has 5 nitrogen and oxygen atoms in total. The van der Waals surface area contributed by atoms with Crippen molar-refractivity contribution in [3.63, 3.8) is 0 Å². The Balaban J connectivity index is 2.18. The van der Waals surface area contributed by atoms with Gasteiger partial charge >= 0.3 is 0 Å². The van der Waals surface area contributed by atoms with Gasteiger partial charge in [0.2, 0.25) is 5.88 Å². The maximum atomic E-state index is 6.25. The number of aromatic nitrogens is 4. The minimum Gasteiger partial charge on any atom is -0.479 e. The molecule has 1 aliphatic rings. The molecule has 19 heavy (non-hydrogen) atoms. The topological polar surface area (TPSA) is 52.8 Å². The van der Waals surface area contributed by atoms with Crippen LogP contribution < -0.4 is 4.74 Å². The molecule has 0 bridgehead atoms. The molecule has 0 radical (unpaired) electrons. The van der Waals surface area contributed by atoms with Crippen LogP contribution in [0.4, 0.5) is 0 Å². The largest absolute Gasteiger partial charge is 0.479 e. The van der Waals surface area contributed by atoms with Crippen molar-refractivity contribution in [3.8, 4) is 5.88 Å². The number of alkyl halides is 1. The summed E-state index contributed by atoms with van der Waals surface area (Å²) in [6, 6.07) is 0. The van der Waals surface area contributed by atoms with Crippen LogP contribution in [-0.4, -0.2) is 26.6 Å². The summed E-state index contributed by atoms with van der Waals surface area (Å²) in [5.74, 6) is 1.34. The molecule has 1 unspecified atom stereocenters. The van der Waals surface area contributed by atoms with Gasteiger partial charge in [0.15, 0.2) is 11.2 Å². The molecular formula is C13H17ClN4O. The van der Waals surface area contributed by atoms with Gasteiger partial charge in [-0.25, -0.2) is 9.97 Å². The van der Waals surface area contributed by atoms with Gasteiger partial charge in [0.1, 0.15) is 12.2 Å². The average Bonchev–Trinajstić information content (AvgIpc) is 2.99. The summed E-state index contributed by atoms with van der Waals surface area (Å²) >= 11 is 6.25. The van der Waals surface area contributed by atoms with Crippen LogP contribution in [0, 0.1) is 5.41 Å². The van der Waals surface area contributed by atoms with Gasteiger partial charge in [-0.05, 0) is 25.2 Å². The monoisotopic (exact) mass is 280 g/mol. The number of nitrogens with zero attached hydrogens (tertiary/aromatic N) is 4. The summed E-state index contributed by atoms with van der Waals surface area (Å²) in [5.41, 5.74) is 1.85. The van der Waals surface area contributed by atoms with Crippen molar-refractivity contribution in [2.75, 3.05) is 7.11 Å². The van der Waals surface area contributed by atoms with Crippen molar-refractivity contribution in [3.05, 3.63) is 12.2 Å². The molecule has 1 atom stereocenters. The Morgan fingerprint density at radius 3 is 2.79 bits per heavy atom. The van der Waals surface area contributed by atoms with Crippen LogP contribution in [0.2, 0.25) is 0 Å². The fraction of sp³-hybridized carbons (Fsp3) is 0.615. The molecule has 2 aromatic rings. The van der Waals surface area contributed by atoms with E-state index in [-0.39, 0.29) is 5.38 Å². The molecule has 1 saturated carbocycles. The Labute approximate surface area is 117 Å². The highest BCUT2D eigenvalue weighted by Gasteiger charge is 2.39. The number of hydrogen-bond acceptors (Lipinski definition) is 4. The van der Waals surface area contributed by atoms with Crippen molar-refractivity contribution < 1.29 is 4.74 Å². The van der Waals surface area contributed by atoms with Crippen LogP contribution in [0.15, 0.2) is 6.33 Å². The molecule has 0 aliphatic heterocycles. The highest BCUT2D eigenvalue weighted by molar-refractivity contribution is 6.20. The van der Waals surface area contributed by atoms with E-state index in [1.807, 2.05) is 6.92 Å². The number of rotatable bonds is 4. The van der Waals surface area contributed by atoms with Crippen molar-refractivity contribution in [2.24, 2.45) is 5.41 Å². The van der Waals surface area contributed by atoms with Crippen molar-refractivity contribution in [2.45, 2.75) is 38.6 Å². The van der Waals surface area contributed by atoms with E-state index in [0.717, 1.165) is 18.0 Å². The van der Waals surface area contributed by atoms with Crippen LogP contribution >= 0.6 is 11.6 Å². The maximum absolute atomic E-state index is 6.25. The summed E-state index contributed by atoms with van der Waals surface area (Å²) in [7, 11) is 1.59. The first kappa shape index (κ1) is 12.7. The lowest BCUT2D eigenvalue weighted by Crippen LogP contribution is -2.12. The number of halogens is 1. The molecule has 0 N–H and O–H groups in total. The third kappa shape index (κ3) is 2.16. The van der Waals surface area contributed by atoms with Crippen LogP contribution in [0.25, 0.3) is 11.2 Å². The van der Waals surface area contributed by atoms with E-state index in [4.69, 9.17) is 16.3 Å². The van der Waals surface area contributed by atoms with Gasteiger partial charge in [-0.3, -0.25) is 0 Å². The third-order valence-electron chi connectivity index (χ3n) is 3.72. The molecular weight excluding hydrogens is 264 g/mol. The number of imidazole rings is 1. The van der Waals surface area contributed by atoms with Crippen molar-refractivity contribution in [1.82, 2.24) is 19.5 Å². The molecule has 0 spiro atoms. The summed E-state index contributed by atoms with van der Waals surface area (Å²) in [6.07, 6.45) is 3.99. The Hall–Kier alpha value is -1.36. The van der Waals surface area contributed by atoms with Gasteiger partial charge in [0, 0.05) is 6.54 Å². The Bertz CT molecular complexity index is 618. The normalized spacial score (nSPS) is 18.5. The van der Waals surface area contributed by atoms with Gasteiger partial charge < -0.3 is 9.30 Å². The highest BCUT2D eigenvalue weighted by atomic mass is 35.5. The van der Waals surface area contributed by atoms with Crippen LogP contribution in [0.3, 0.4) is 0 Å². The first-order valence-electron chi connectivity index (χ1n) is 6.43. The zero-order valence-electron chi connectivity index (χ0n) is 11.4. The van der Waals surface area contributed by atoms with Crippen molar-refractivity contribution in [1.29, 1.82) is 0 Å². The predicted molar refractivity (Wildman–Crippen MR) is 73.5 cm³/mol. The molecule has 0 saturated heterocycles. The minimum absolute atomic E-state index is 0.166. The quantitative estimate of drug-likeness (QED) is 0.808. The Morgan fingerprint density at radius 1 is 1.47 bits per heavy atom. The van der Waals surface area contributed by atoms with E-state index in [1.165, 1.54) is 19.2 Å². The first-order valence-corrected chi connectivity index (χ1v) is 6.87. The lowest BCUT2D eigenvalue weighted by Gasteiger charge is -2.14. The molecule has 1 fully saturated rings. The number of hydrogen-bond donors (Lipinski definition) is 0. The molecule has 2 heterocycles.